The van der Waals surface area contributed by atoms with Gasteiger partial charge < -0.3 is 11.1 Å². The SMILES string of the molecule is CCNC(c1cnccc1N)C(C)(C)N1CCCCCC1. The van der Waals surface area contributed by atoms with Gasteiger partial charge in [0.25, 0.3) is 0 Å². The topological polar surface area (TPSA) is 54.2 Å². The molecule has 1 saturated heterocycles. The number of aromatic nitrogens is 1. The van der Waals surface area contributed by atoms with Gasteiger partial charge in [-0.2, -0.15) is 0 Å². The number of nitrogens with zero attached hydrogens (tertiary/aromatic N) is 2. The number of hydrogen-bond acceptors (Lipinski definition) is 4. The van der Waals surface area contributed by atoms with Crippen LogP contribution in [0.25, 0.3) is 0 Å². The third-order valence-corrected chi connectivity index (χ3v) is 4.73. The van der Waals surface area contributed by atoms with E-state index >= 15 is 0 Å². The van der Waals surface area contributed by atoms with Crippen LogP contribution in [-0.4, -0.2) is 35.1 Å². The van der Waals surface area contributed by atoms with Gasteiger partial charge in [-0.25, -0.2) is 0 Å². The van der Waals surface area contributed by atoms with Crippen molar-refractivity contribution >= 4 is 5.69 Å². The molecule has 1 atom stereocenters. The van der Waals surface area contributed by atoms with Crippen molar-refractivity contribution in [2.45, 2.75) is 58.0 Å². The van der Waals surface area contributed by atoms with Crippen LogP contribution < -0.4 is 11.1 Å². The quantitative estimate of drug-likeness (QED) is 0.875. The van der Waals surface area contributed by atoms with E-state index in [-0.39, 0.29) is 11.6 Å². The molecule has 1 aromatic heterocycles. The number of nitrogen functional groups attached to an aromatic ring is 1. The smallest absolute Gasteiger partial charge is 0.0537 e. The fourth-order valence-electron chi connectivity index (χ4n) is 3.43. The van der Waals surface area contributed by atoms with E-state index < -0.39 is 0 Å². The fourth-order valence-corrected chi connectivity index (χ4v) is 3.43. The Bertz CT molecular complexity index is 436. The fraction of sp³-hybridized carbons (Fsp3) is 0.706. The summed E-state index contributed by atoms with van der Waals surface area (Å²) in [6, 6.07) is 2.10. The van der Waals surface area contributed by atoms with Gasteiger partial charge in [0, 0.05) is 29.2 Å². The Morgan fingerprint density at radius 1 is 1.29 bits per heavy atom. The first kappa shape index (κ1) is 16.2. The molecule has 118 valence electrons. The number of likely N-dealkylation sites (N-methyl/N-ethyl adjacent to an activating group) is 1. The Kier molecular flexibility index (Phi) is 5.59. The van der Waals surface area contributed by atoms with Gasteiger partial charge in [0.05, 0.1) is 6.04 Å². The first-order valence-electron chi connectivity index (χ1n) is 8.25. The zero-order chi connectivity index (χ0) is 15.3. The third kappa shape index (κ3) is 3.74. The third-order valence-electron chi connectivity index (χ3n) is 4.73. The molecule has 4 nitrogen and oxygen atoms in total. The van der Waals surface area contributed by atoms with Crippen LogP contribution in [0.5, 0.6) is 0 Å². The van der Waals surface area contributed by atoms with Crippen molar-refractivity contribution in [2.24, 2.45) is 0 Å². The van der Waals surface area contributed by atoms with Gasteiger partial charge >= 0.3 is 0 Å². The highest BCUT2D eigenvalue weighted by Crippen LogP contribution is 2.34. The summed E-state index contributed by atoms with van der Waals surface area (Å²) in [6.07, 6.45) is 8.99. The van der Waals surface area contributed by atoms with Crippen LogP contribution in [0.1, 0.15) is 58.1 Å². The molecule has 0 aromatic carbocycles. The lowest BCUT2D eigenvalue weighted by Gasteiger charge is -2.44. The Balaban J connectivity index is 2.28. The number of nitrogens with two attached hydrogens (primary N) is 1. The van der Waals surface area contributed by atoms with Crippen LogP contribution in [-0.2, 0) is 0 Å². The van der Waals surface area contributed by atoms with E-state index in [9.17, 15) is 0 Å². The van der Waals surface area contributed by atoms with Crippen LogP contribution in [0.3, 0.4) is 0 Å². The van der Waals surface area contributed by atoms with Gasteiger partial charge in [0.15, 0.2) is 0 Å². The van der Waals surface area contributed by atoms with Gasteiger partial charge in [-0.05, 0) is 52.4 Å². The molecular formula is C17H30N4. The number of rotatable bonds is 5. The summed E-state index contributed by atoms with van der Waals surface area (Å²) in [6.45, 7) is 10.1. The first-order chi connectivity index (χ1) is 10.1. The van der Waals surface area contributed by atoms with E-state index in [2.05, 4.69) is 36.0 Å². The molecule has 1 aliphatic rings. The Hall–Kier alpha value is -1.13. The number of anilines is 1. The summed E-state index contributed by atoms with van der Waals surface area (Å²) in [5.74, 6) is 0. The molecule has 0 bridgehead atoms. The summed E-state index contributed by atoms with van der Waals surface area (Å²) in [5.41, 5.74) is 8.19. The van der Waals surface area contributed by atoms with Crippen LogP contribution >= 0.6 is 0 Å². The van der Waals surface area contributed by atoms with Crippen LogP contribution in [0, 0.1) is 0 Å². The van der Waals surface area contributed by atoms with E-state index in [0.717, 1.165) is 17.8 Å². The van der Waals surface area contributed by atoms with Crippen molar-refractivity contribution in [3.05, 3.63) is 24.0 Å². The highest BCUT2D eigenvalue weighted by atomic mass is 15.2. The molecule has 0 aliphatic carbocycles. The van der Waals surface area contributed by atoms with Crippen LogP contribution in [0.4, 0.5) is 5.69 Å². The molecule has 1 fully saturated rings. The Morgan fingerprint density at radius 2 is 1.95 bits per heavy atom. The minimum atomic E-state index is 0.0253. The molecule has 2 heterocycles. The molecule has 21 heavy (non-hydrogen) atoms. The van der Waals surface area contributed by atoms with E-state index in [1.165, 1.54) is 38.8 Å². The second kappa shape index (κ2) is 7.23. The van der Waals surface area contributed by atoms with Gasteiger partial charge in [0.1, 0.15) is 0 Å². The molecule has 0 radical (unpaired) electrons. The van der Waals surface area contributed by atoms with Crippen LogP contribution in [0.15, 0.2) is 18.5 Å². The number of pyridine rings is 1. The average Bonchev–Trinajstić information content (AvgIpc) is 2.75. The summed E-state index contributed by atoms with van der Waals surface area (Å²) < 4.78 is 0. The minimum absolute atomic E-state index is 0.0253. The van der Waals surface area contributed by atoms with E-state index in [4.69, 9.17) is 5.73 Å². The van der Waals surface area contributed by atoms with Gasteiger partial charge in [-0.3, -0.25) is 9.88 Å². The maximum absolute atomic E-state index is 6.21. The van der Waals surface area contributed by atoms with E-state index in [0.29, 0.717) is 0 Å². The van der Waals surface area contributed by atoms with Gasteiger partial charge in [-0.15, -0.1) is 0 Å². The molecule has 1 aromatic rings. The van der Waals surface area contributed by atoms with Crippen molar-refractivity contribution in [1.82, 2.24) is 15.2 Å². The molecular weight excluding hydrogens is 260 g/mol. The maximum atomic E-state index is 6.21. The predicted octanol–water partition coefficient (Wildman–Crippen LogP) is 2.97. The molecule has 1 aliphatic heterocycles. The van der Waals surface area contributed by atoms with Crippen molar-refractivity contribution < 1.29 is 0 Å². The molecule has 1 unspecified atom stereocenters. The van der Waals surface area contributed by atoms with Gasteiger partial charge in [-0.1, -0.05) is 19.8 Å². The lowest BCUT2D eigenvalue weighted by molar-refractivity contribution is 0.0841. The standard InChI is InChI=1S/C17H30N4/c1-4-20-16(14-13-19-10-9-15(14)18)17(2,3)21-11-7-5-6-8-12-21/h9-10,13,16,20H,4-8,11-12H2,1-3H3,(H2,18,19). The molecule has 3 N–H and O–H groups in total. The maximum Gasteiger partial charge on any atom is 0.0537 e. The summed E-state index contributed by atoms with van der Waals surface area (Å²) in [5, 5.41) is 3.64. The summed E-state index contributed by atoms with van der Waals surface area (Å²) in [7, 11) is 0. The minimum Gasteiger partial charge on any atom is -0.398 e. The highest BCUT2D eigenvalue weighted by Gasteiger charge is 2.37. The van der Waals surface area contributed by atoms with E-state index in [1.807, 2.05) is 12.3 Å². The molecule has 4 heteroatoms. The average molecular weight is 290 g/mol. The molecule has 0 spiro atoms. The zero-order valence-corrected chi connectivity index (χ0v) is 13.7. The number of hydrogen-bond donors (Lipinski definition) is 2. The Labute approximate surface area is 129 Å². The second-order valence-electron chi connectivity index (χ2n) is 6.55. The monoisotopic (exact) mass is 290 g/mol. The van der Waals surface area contributed by atoms with Gasteiger partial charge in [0.2, 0.25) is 0 Å². The zero-order valence-electron chi connectivity index (χ0n) is 13.7. The molecule has 2 rings (SSSR count). The first-order valence-corrected chi connectivity index (χ1v) is 8.25. The summed E-state index contributed by atoms with van der Waals surface area (Å²) >= 11 is 0. The normalized spacial score (nSPS) is 19.2. The number of nitrogens with one attached hydrogen (secondary N) is 1. The predicted molar refractivity (Wildman–Crippen MR) is 89.2 cm³/mol. The van der Waals surface area contributed by atoms with Crippen molar-refractivity contribution in [3.8, 4) is 0 Å². The molecule has 0 amide bonds. The number of likely N-dealkylation sites (tertiary alicyclic amines) is 1. The Morgan fingerprint density at radius 3 is 2.52 bits per heavy atom. The van der Waals surface area contributed by atoms with Crippen molar-refractivity contribution in [1.29, 1.82) is 0 Å². The summed E-state index contributed by atoms with van der Waals surface area (Å²) in [4.78, 5) is 6.91. The molecule has 0 saturated carbocycles. The highest BCUT2D eigenvalue weighted by molar-refractivity contribution is 5.47. The second-order valence-corrected chi connectivity index (χ2v) is 6.55. The largest absolute Gasteiger partial charge is 0.398 e. The van der Waals surface area contributed by atoms with Crippen LogP contribution in [0.2, 0.25) is 0 Å². The van der Waals surface area contributed by atoms with Crippen molar-refractivity contribution in [3.63, 3.8) is 0 Å². The van der Waals surface area contributed by atoms with Crippen molar-refractivity contribution in [2.75, 3.05) is 25.4 Å². The lowest BCUT2D eigenvalue weighted by Crippen LogP contribution is -2.53. The lowest BCUT2D eigenvalue weighted by atomic mass is 9.86. The van der Waals surface area contributed by atoms with E-state index in [1.54, 1.807) is 6.20 Å².